The zero-order valence-electron chi connectivity index (χ0n) is 18.8. The zero-order valence-corrected chi connectivity index (χ0v) is 20.5. The number of sulfone groups is 1. The predicted molar refractivity (Wildman–Crippen MR) is 128 cm³/mol. The van der Waals surface area contributed by atoms with Crippen molar-refractivity contribution in [2.24, 2.45) is 0 Å². The Bertz CT molecular complexity index is 1290. The van der Waals surface area contributed by atoms with Crippen molar-refractivity contribution in [1.29, 1.82) is 0 Å². The molecule has 0 spiro atoms. The van der Waals surface area contributed by atoms with Gasteiger partial charge in [-0.05, 0) is 48.5 Å². The van der Waals surface area contributed by atoms with E-state index in [0.29, 0.717) is 18.8 Å². The number of anilines is 1. The molecule has 0 aliphatic heterocycles. The van der Waals surface area contributed by atoms with Crippen molar-refractivity contribution in [3.63, 3.8) is 0 Å². The molecule has 2 aromatic carbocycles. The van der Waals surface area contributed by atoms with E-state index in [1.54, 1.807) is 44.2 Å². The van der Waals surface area contributed by atoms with Gasteiger partial charge in [0.15, 0.2) is 5.37 Å². The number of hydrogen-bond acceptors (Lipinski definition) is 7. The summed E-state index contributed by atoms with van der Waals surface area (Å²) in [5.74, 6) is -0.328. The fourth-order valence-corrected chi connectivity index (χ4v) is 6.35. The molecule has 3 rings (SSSR count). The minimum atomic E-state index is -4.08. The van der Waals surface area contributed by atoms with Crippen LogP contribution in [0.5, 0.6) is 0 Å². The van der Waals surface area contributed by atoms with E-state index in [-0.39, 0.29) is 22.1 Å². The largest absolute Gasteiger partial charge is 0.467 e. The van der Waals surface area contributed by atoms with Gasteiger partial charge < -0.3 is 9.73 Å². The Morgan fingerprint density at radius 2 is 1.50 bits per heavy atom. The number of carbonyl (C=O) groups excluding carboxylic acids is 1. The molecule has 1 heterocycles. The average molecular weight is 506 g/mol. The van der Waals surface area contributed by atoms with E-state index in [4.69, 9.17) is 4.42 Å². The van der Waals surface area contributed by atoms with Crippen molar-refractivity contribution in [3.8, 4) is 0 Å². The first-order valence-corrected chi connectivity index (χ1v) is 13.6. The molecule has 2 N–H and O–H groups in total. The Morgan fingerprint density at radius 1 is 0.882 bits per heavy atom. The molecule has 0 aliphatic rings. The van der Waals surface area contributed by atoms with Crippen molar-refractivity contribution in [2.45, 2.75) is 29.0 Å². The maximum Gasteiger partial charge on any atom is 0.243 e. The predicted octanol–water partition coefficient (Wildman–Crippen LogP) is 3.01. The highest BCUT2D eigenvalue weighted by Crippen LogP contribution is 2.28. The lowest BCUT2D eigenvalue weighted by atomic mass is 10.3. The summed E-state index contributed by atoms with van der Waals surface area (Å²) < 4.78 is 58.8. The Kier molecular flexibility index (Phi) is 8.26. The third-order valence-electron chi connectivity index (χ3n) is 5.11. The smallest absolute Gasteiger partial charge is 0.243 e. The number of furan rings is 1. The highest BCUT2D eigenvalue weighted by molar-refractivity contribution is 7.91. The van der Waals surface area contributed by atoms with E-state index >= 15 is 0 Å². The summed E-state index contributed by atoms with van der Waals surface area (Å²) in [6, 6.07) is 16.8. The van der Waals surface area contributed by atoms with E-state index in [2.05, 4.69) is 10.6 Å². The van der Waals surface area contributed by atoms with Crippen LogP contribution >= 0.6 is 0 Å². The van der Waals surface area contributed by atoms with Crippen LogP contribution in [0.2, 0.25) is 0 Å². The Labute approximate surface area is 199 Å². The van der Waals surface area contributed by atoms with Crippen LogP contribution in [-0.2, 0) is 24.7 Å². The lowest BCUT2D eigenvalue weighted by molar-refractivity contribution is -0.115. The third kappa shape index (κ3) is 5.73. The van der Waals surface area contributed by atoms with Gasteiger partial charge in [0.05, 0.1) is 22.6 Å². The number of carbonyl (C=O) groups is 1. The van der Waals surface area contributed by atoms with Gasteiger partial charge in [0, 0.05) is 18.8 Å². The van der Waals surface area contributed by atoms with Crippen LogP contribution in [0.3, 0.4) is 0 Å². The summed E-state index contributed by atoms with van der Waals surface area (Å²) >= 11 is 0. The number of rotatable bonds is 11. The summed E-state index contributed by atoms with van der Waals surface area (Å²) in [5.41, 5.74) is 0.580. The molecule has 0 radical (unpaired) electrons. The van der Waals surface area contributed by atoms with Gasteiger partial charge in [-0.25, -0.2) is 16.8 Å². The van der Waals surface area contributed by atoms with Crippen LogP contribution in [0.4, 0.5) is 5.69 Å². The molecule has 0 bridgehead atoms. The summed E-state index contributed by atoms with van der Waals surface area (Å²) in [6.45, 7) is 3.76. The number of nitrogens with zero attached hydrogens (tertiary/aromatic N) is 1. The first kappa shape index (κ1) is 25.6. The number of nitrogens with one attached hydrogen (secondary N) is 2. The van der Waals surface area contributed by atoms with Crippen molar-refractivity contribution >= 4 is 31.5 Å². The standard InChI is InChI=1S/C23H27N3O6S2/c1-3-26(4-2)34(30,31)20-14-12-19(13-15-20)33(28,29)23(21-11-8-16-32-21)24-17-22(27)25-18-9-6-5-7-10-18/h5-16,23-24H,3-4,17H2,1-2H3,(H,25,27). The molecule has 0 fully saturated rings. The average Bonchev–Trinajstić information content (AvgIpc) is 3.35. The highest BCUT2D eigenvalue weighted by atomic mass is 32.2. The highest BCUT2D eigenvalue weighted by Gasteiger charge is 2.32. The van der Waals surface area contributed by atoms with Gasteiger partial charge >= 0.3 is 0 Å². The van der Waals surface area contributed by atoms with Crippen molar-refractivity contribution in [1.82, 2.24) is 9.62 Å². The van der Waals surface area contributed by atoms with Gasteiger partial charge in [-0.15, -0.1) is 0 Å². The first-order chi connectivity index (χ1) is 16.2. The summed E-state index contributed by atoms with van der Waals surface area (Å²) in [4.78, 5) is 12.2. The Morgan fingerprint density at radius 3 is 2.06 bits per heavy atom. The SMILES string of the molecule is CCN(CC)S(=O)(=O)c1ccc(S(=O)(=O)C(NCC(=O)Nc2ccccc2)c2ccco2)cc1. The molecule has 1 atom stereocenters. The molecule has 34 heavy (non-hydrogen) atoms. The summed E-state index contributed by atoms with van der Waals surface area (Å²) in [6.07, 6.45) is 1.34. The second-order valence-electron chi connectivity index (χ2n) is 7.30. The van der Waals surface area contributed by atoms with Gasteiger partial charge in [0.25, 0.3) is 0 Å². The van der Waals surface area contributed by atoms with E-state index in [1.165, 1.54) is 40.9 Å². The van der Waals surface area contributed by atoms with Crippen molar-refractivity contribution < 1.29 is 26.0 Å². The molecule has 1 amide bonds. The van der Waals surface area contributed by atoms with Crippen LogP contribution in [0.15, 0.2) is 87.2 Å². The molecule has 1 aromatic heterocycles. The van der Waals surface area contributed by atoms with Crippen LogP contribution in [0.25, 0.3) is 0 Å². The second-order valence-corrected chi connectivity index (χ2v) is 11.3. The van der Waals surface area contributed by atoms with Gasteiger partial charge in [0.1, 0.15) is 5.76 Å². The molecule has 3 aromatic rings. The topological polar surface area (TPSA) is 126 Å². The maximum atomic E-state index is 13.4. The fraction of sp³-hybridized carbons (Fsp3) is 0.261. The van der Waals surface area contributed by atoms with Crippen LogP contribution < -0.4 is 10.6 Å². The molecule has 1 unspecified atom stereocenters. The van der Waals surface area contributed by atoms with E-state index in [0.717, 1.165) is 0 Å². The first-order valence-electron chi connectivity index (χ1n) is 10.7. The lowest BCUT2D eigenvalue weighted by Crippen LogP contribution is -2.35. The van der Waals surface area contributed by atoms with Crippen LogP contribution in [0.1, 0.15) is 25.0 Å². The quantitative estimate of drug-likeness (QED) is 0.410. The molecule has 0 aliphatic carbocycles. The monoisotopic (exact) mass is 505 g/mol. The lowest BCUT2D eigenvalue weighted by Gasteiger charge is -2.20. The molecular formula is C23H27N3O6S2. The minimum Gasteiger partial charge on any atom is -0.467 e. The van der Waals surface area contributed by atoms with E-state index < -0.39 is 31.1 Å². The maximum absolute atomic E-state index is 13.4. The summed E-state index contributed by atoms with van der Waals surface area (Å²) in [5, 5.41) is 4.07. The Hall–Kier alpha value is -2.99. The van der Waals surface area contributed by atoms with Crippen LogP contribution in [0, 0.1) is 0 Å². The number of amides is 1. The van der Waals surface area contributed by atoms with Crippen LogP contribution in [-0.4, -0.2) is 46.7 Å². The van der Waals surface area contributed by atoms with E-state index in [9.17, 15) is 21.6 Å². The number of para-hydroxylation sites is 1. The molecule has 182 valence electrons. The number of hydrogen-bond donors (Lipinski definition) is 2. The van der Waals surface area contributed by atoms with Gasteiger partial charge in [-0.3, -0.25) is 10.1 Å². The van der Waals surface area contributed by atoms with Crippen molar-refractivity contribution in [3.05, 3.63) is 78.8 Å². The van der Waals surface area contributed by atoms with Gasteiger partial charge in [-0.1, -0.05) is 32.0 Å². The second kappa shape index (κ2) is 11.0. The normalized spacial score (nSPS) is 13.0. The Balaban J connectivity index is 1.83. The summed E-state index contributed by atoms with van der Waals surface area (Å²) in [7, 11) is -7.81. The molecular weight excluding hydrogens is 478 g/mol. The molecule has 11 heteroatoms. The van der Waals surface area contributed by atoms with Gasteiger partial charge in [-0.2, -0.15) is 4.31 Å². The van der Waals surface area contributed by atoms with Crippen molar-refractivity contribution in [2.75, 3.05) is 25.0 Å². The third-order valence-corrected chi connectivity index (χ3v) is 9.13. The van der Waals surface area contributed by atoms with Gasteiger partial charge in [0.2, 0.25) is 25.8 Å². The number of benzene rings is 2. The molecule has 9 nitrogen and oxygen atoms in total. The fourth-order valence-electron chi connectivity index (χ4n) is 3.37. The van der Waals surface area contributed by atoms with E-state index in [1.807, 2.05) is 6.07 Å². The minimum absolute atomic E-state index is 0.0000957. The molecule has 0 saturated heterocycles. The molecule has 0 saturated carbocycles. The number of sulfonamides is 1. The zero-order chi connectivity index (χ0) is 24.8.